The Bertz CT molecular complexity index is 818. The highest BCUT2D eigenvalue weighted by Gasteiger charge is 2.28. The van der Waals surface area contributed by atoms with Crippen LogP contribution in [0.15, 0.2) is 34.9 Å². The summed E-state index contributed by atoms with van der Waals surface area (Å²) in [5.74, 6) is 0.199. The third-order valence-corrected chi connectivity index (χ3v) is 5.09. The van der Waals surface area contributed by atoms with Crippen LogP contribution in [0.5, 0.6) is 0 Å². The molecule has 0 bridgehead atoms. The van der Waals surface area contributed by atoms with Crippen molar-refractivity contribution in [3.63, 3.8) is 0 Å². The minimum absolute atomic E-state index is 0.0582. The summed E-state index contributed by atoms with van der Waals surface area (Å²) < 4.78 is 5.16. The van der Waals surface area contributed by atoms with E-state index in [2.05, 4.69) is 10.6 Å². The Morgan fingerprint density at radius 2 is 2.04 bits per heavy atom. The highest BCUT2D eigenvalue weighted by Crippen LogP contribution is 2.27. The number of hydrogen-bond donors (Lipinski definition) is 3. The number of carbonyl (C=O) groups excluding carboxylic acids is 2. The van der Waals surface area contributed by atoms with Gasteiger partial charge in [0.1, 0.15) is 5.76 Å². The zero-order chi connectivity index (χ0) is 18.7. The number of benzene rings is 1. The van der Waals surface area contributed by atoms with Gasteiger partial charge in [-0.25, -0.2) is 0 Å². The zero-order valence-electron chi connectivity index (χ0n) is 14.5. The highest BCUT2D eigenvalue weighted by molar-refractivity contribution is 6.31. The van der Waals surface area contributed by atoms with Crippen LogP contribution in [0.1, 0.15) is 45.7 Å². The first-order valence-corrected chi connectivity index (χ1v) is 9.03. The smallest absolute Gasteiger partial charge is 0.259 e. The molecule has 2 atom stereocenters. The number of carbonyl (C=O) groups is 2. The Balaban J connectivity index is 1.80. The second-order valence-corrected chi connectivity index (χ2v) is 6.98. The predicted molar refractivity (Wildman–Crippen MR) is 100 cm³/mol. The number of hydrogen-bond acceptors (Lipinski definition) is 4. The molecule has 0 saturated heterocycles. The van der Waals surface area contributed by atoms with Crippen molar-refractivity contribution in [2.24, 2.45) is 11.7 Å². The summed E-state index contributed by atoms with van der Waals surface area (Å²) in [6.45, 7) is 2.25. The first kappa shape index (κ1) is 18.5. The van der Waals surface area contributed by atoms with Crippen molar-refractivity contribution in [1.29, 1.82) is 0 Å². The van der Waals surface area contributed by atoms with Crippen LogP contribution in [-0.2, 0) is 0 Å². The number of rotatable bonds is 5. The van der Waals surface area contributed by atoms with E-state index in [1.54, 1.807) is 31.2 Å². The molecule has 1 heterocycles. The van der Waals surface area contributed by atoms with Crippen molar-refractivity contribution in [1.82, 2.24) is 5.32 Å². The molecule has 6 nitrogen and oxygen atoms in total. The Hall–Kier alpha value is -2.31. The van der Waals surface area contributed by atoms with E-state index >= 15 is 0 Å². The van der Waals surface area contributed by atoms with Crippen molar-refractivity contribution >= 4 is 29.1 Å². The van der Waals surface area contributed by atoms with Gasteiger partial charge in [-0.15, -0.1) is 0 Å². The van der Waals surface area contributed by atoms with E-state index in [9.17, 15) is 9.59 Å². The van der Waals surface area contributed by atoms with Crippen LogP contribution in [0.3, 0.4) is 0 Å². The Morgan fingerprint density at radius 1 is 1.23 bits per heavy atom. The van der Waals surface area contributed by atoms with Gasteiger partial charge in [0.2, 0.25) is 0 Å². The van der Waals surface area contributed by atoms with Crippen LogP contribution in [-0.4, -0.2) is 24.4 Å². The molecule has 0 radical (unpaired) electrons. The molecule has 2 unspecified atom stereocenters. The van der Waals surface area contributed by atoms with Crippen LogP contribution in [0.2, 0.25) is 5.02 Å². The van der Waals surface area contributed by atoms with Crippen LogP contribution in [0.25, 0.3) is 0 Å². The molecule has 1 saturated carbocycles. The van der Waals surface area contributed by atoms with Crippen molar-refractivity contribution in [3.8, 4) is 0 Å². The molecule has 7 heteroatoms. The standard InChI is InChI=1S/C19H22ClN3O3/c1-11-14(7-8-26-11)18(24)23-17-9-13(20)5-6-15(17)19(25)22-16-4-2-3-12(16)10-21/h5-9,12,16H,2-4,10,21H2,1H3,(H,22,25)(H,23,24). The highest BCUT2D eigenvalue weighted by atomic mass is 35.5. The van der Waals surface area contributed by atoms with Gasteiger partial charge in [0.15, 0.2) is 0 Å². The van der Waals surface area contributed by atoms with Gasteiger partial charge in [0.25, 0.3) is 11.8 Å². The fourth-order valence-corrected chi connectivity index (χ4v) is 3.56. The summed E-state index contributed by atoms with van der Waals surface area (Å²) in [5.41, 5.74) is 6.93. The number of nitrogens with one attached hydrogen (secondary N) is 2. The second kappa shape index (κ2) is 7.93. The van der Waals surface area contributed by atoms with E-state index in [0.717, 1.165) is 19.3 Å². The Morgan fingerprint density at radius 3 is 2.73 bits per heavy atom. The maximum Gasteiger partial charge on any atom is 0.259 e. The fraction of sp³-hybridized carbons (Fsp3) is 0.368. The number of nitrogens with two attached hydrogens (primary N) is 1. The van der Waals surface area contributed by atoms with Gasteiger partial charge in [-0.2, -0.15) is 0 Å². The van der Waals surface area contributed by atoms with Gasteiger partial charge >= 0.3 is 0 Å². The lowest BCUT2D eigenvalue weighted by molar-refractivity contribution is 0.0929. The maximum absolute atomic E-state index is 12.8. The first-order valence-electron chi connectivity index (χ1n) is 8.65. The summed E-state index contributed by atoms with van der Waals surface area (Å²) in [7, 11) is 0. The molecule has 26 heavy (non-hydrogen) atoms. The van der Waals surface area contributed by atoms with Gasteiger partial charge in [-0.1, -0.05) is 18.0 Å². The fourth-order valence-electron chi connectivity index (χ4n) is 3.38. The summed E-state index contributed by atoms with van der Waals surface area (Å²) in [5, 5.41) is 6.23. The molecular formula is C19H22ClN3O3. The molecule has 1 aliphatic carbocycles. The number of anilines is 1. The SMILES string of the molecule is Cc1occc1C(=O)Nc1cc(Cl)ccc1C(=O)NC1CCCC1CN. The minimum Gasteiger partial charge on any atom is -0.469 e. The van der Waals surface area contributed by atoms with E-state index in [1.165, 1.54) is 6.26 Å². The number of amides is 2. The van der Waals surface area contributed by atoms with Gasteiger partial charge in [-0.05, 0) is 56.5 Å². The van der Waals surface area contributed by atoms with Gasteiger partial charge < -0.3 is 20.8 Å². The molecule has 3 rings (SSSR count). The van der Waals surface area contributed by atoms with Gasteiger partial charge in [-0.3, -0.25) is 9.59 Å². The van der Waals surface area contributed by atoms with Gasteiger partial charge in [0.05, 0.1) is 23.1 Å². The minimum atomic E-state index is -0.353. The predicted octanol–water partition coefficient (Wildman–Crippen LogP) is 3.35. The summed E-state index contributed by atoms with van der Waals surface area (Å²) >= 11 is 6.06. The largest absolute Gasteiger partial charge is 0.469 e. The quantitative estimate of drug-likeness (QED) is 0.746. The normalized spacial score (nSPS) is 19.3. The molecule has 0 spiro atoms. The molecular weight excluding hydrogens is 354 g/mol. The first-order chi connectivity index (χ1) is 12.5. The molecule has 1 aliphatic rings. The topological polar surface area (TPSA) is 97.4 Å². The van der Waals surface area contributed by atoms with Crippen LogP contribution in [0, 0.1) is 12.8 Å². The summed E-state index contributed by atoms with van der Waals surface area (Å²) in [4.78, 5) is 25.2. The zero-order valence-corrected chi connectivity index (χ0v) is 15.3. The third-order valence-electron chi connectivity index (χ3n) is 4.86. The van der Waals surface area contributed by atoms with Crippen molar-refractivity contribution in [2.45, 2.75) is 32.2 Å². The molecule has 1 aromatic heterocycles. The lowest BCUT2D eigenvalue weighted by atomic mass is 10.0. The van der Waals surface area contributed by atoms with Crippen LogP contribution in [0.4, 0.5) is 5.69 Å². The monoisotopic (exact) mass is 375 g/mol. The summed E-state index contributed by atoms with van der Waals surface area (Å²) in [6, 6.07) is 6.45. The van der Waals surface area contributed by atoms with Crippen molar-refractivity contribution in [2.75, 3.05) is 11.9 Å². The third kappa shape index (κ3) is 3.92. The van der Waals surface area contributed by atoms with E-state index in [0.29, 0.717) is 34.1 Å². The molecule has 1 aromatic carbocycles. The maximum atomic E-state index is 12.8. The lowest BCUT2D eigenvalue weighted by Crippen LogP contribution is -2.40. The number of aryl methyl sites for hydroxylation is 1. The van der Waals surface area contributed by atoms with Crippen LogP contribution < -0.4 is 16.4 Å². The molecule has 2 amide bonds. The van der Waals surface area contributed by atoms with Crippen LogP contribution >= 0.6 is 11.6 Å². The summed E-state index contributed by atoms with van der Waals surface area (Å²) in [6.07, 6.45) is 4.43. The van der Waals surface area contributed by atoms with E-state index in [1.807, 2.05) is 0 Å². The molecule has 1 fully saturated rings. The van der Waals surface area contributed by atoms with Crippen molar-refractivity contribution in [3.05, 3.63) is 52.4 Å². The molecule has 2 aromatic rings. The average Bonchev–Trinajstić information content (AvgIpc) is 3.23. The molecule has 4 N–H and O–H groups in total. The Kier molecular flexibility index (Phi) is 5.64. The Labute approximate surface area is 157 Å². The number of furan rings is 1. The lowest BCUT2D eigenvalue weighted by Gasteiger charge is -2.20. The van der Waals surface area contributed by atoms with E-state index in [4.69, 9.17) is 21.8 Å². The van der Waals surface area contributed by atoms with E-state index in [-0.39, 0.29) is 23.8 Å². The van der Waals surface area contributed by atoms with E-state index < -0.39 is 0 Å². The molecule has 0 aliphatic heterocycles. The number of halogens is 1. The van der Waals surface area contributed by atoms with Crippen molar-refractivity contribution < 1.29 is 14.0 Å². The molecule has 138 valence electrons. The van der Waals surface area contributed by atoms with Gasteiger partial charge in [0, 0.05) is 11.1 Å². The average molecular weight is 376 g/mol. The second-order valence-electron chi connectivity index (χ2n) is 6.54.